The molecule has 0 amide bonds. The van der Waals surface area contributed by atoms with E-state index in [1.54, 1.807) is 0 Å². The lowest BCUT2D eigenvalue weighted by atomic mass is 11.0. The second kappa shape index (κ2) is 2.64. The molecule has 0 N–H and O–H groups in total. The van der Waals surface area contributed by atoms with Gasteiger partial charge in [0.05, 0.1) is 8.80 Å². The van der Waals surface area contributed by atoms with Crippen LogP contribution in [0.15, 0.2) is 0 Å². The van der Waals surface area contributed by atoms with E-state index in [1.165, 1.54) is 0 Å². The molecule has 2 heteroatoms. The van der Waals surface area contributed by atoms with Crippen molar-refractivity contribution in [2.45, 2.75) is 25.0 Å². The fourth-order valence-corrected chi connectivity index (χ4v) is 0. The minimum Gasteiger partial charge on any atom is -0.127 e. The number of rotatable bonds is 1. The van der Waals surface area contributed by atoms with Gasteiger partial charge in [-0.25, -0.2) is 0 Å². The van der Waals surface area contributed by atoms with Crippen LogP contribution in [-0.4, -0.2) is 13.8 Å². The van der Waals surface area contributed by atoms with Crippen LogP contribution in [0, 0.1) is 0 Å². The molecule has 0 aliphatic rings. The predicted octanol–water partition coefficient (Wildman–Crippen LogP) is 1.91. The van der Waals surface area contributed by atoms with Gasteiger partial charge in [0, 0.05) is 5.00 Å². The van der Waals surface area contributed by atoms with Crippen molar-refractivity contribution in [3.05, 3.63) is 0 Å². The smallest absolute Gasteiger partial charge is 0.0632 e. The lowest BCUT2D eigenvalue weighted by molar-refractivity contribution is 1.33. The fourth-order valence-electron chi connectivity index (χ4n) is 0. The summed E-state index contributed by atoms with van der Waals surface area (Å²) >= 11 is 5.66. The molecule has 0 aromatic rings. The minimum atomic E-state index is -0.186. The Morgan fingerprint density at radius 2 is 1.67 bits per heavy atom. The van der Waals surface area contributed by atoms with Crippen LogP contribution in [0.1, 0.15) is 6.92 Å². The number of halogens is 1. The van der Waals surface area contributed by atoms with Crippen molar-refractivity contribution in [3.63, 3.8) is 0 Å². The summed E-state index contributed by atoms with van der Waals surface area (Å²) in [4.78, 5) is 0. The summed E-state index contributed by atoms with van der Waals surface area (Å²) in [6.45, 7) is 6.47. The van der Waals surface area contributed by atoms with E-state index in [0.717, 1.165) is 0 Å². The first kappa shape index (κ1) is 6.51. The van der Waals surface area contributed by atoms with E-state index in [4.69, 9.17) is 11.6 Å². The Hall–Kier alpha value is 0.507. The van der Waals surface area contributed by atoms with Gasteiger partial charge in [0.15, 0.2) is 0 Å². The predicted molar refractivity (Wildman–Crippen MR) is 32.8 cm³/mol. The molecule has 6 heavy (non-hydrogen) atoms. The third-order valence-corrected chi connectivity index (χ3v) is 3.70. The Labute approximate surface area is 46.1 Å². The van der Waals surface area contributed by atoms with Crippen molar-refractivity contribution >= 4 is 20.4 Å². The van der Waals surface area contributed by atoms with Gasteiger partial charge in [-0.1, -0.05) is 20.0 Å². The summed E-state index contributed by atoms with van der Waals surface area (Å²) in [5, 5.41) is 0.426. The maximum Gasteiger partial charge on any atom is 0.0632 e. The van der Waals surface area contributed by atoms with Crippen LogP contribution in [0.4, 0.5) is 0 Å². The van der Waals surface area contributed by atoms with Crippen LogP contribution < -0.4 is 0 Å². The van der Waals surface area contributed by atoms with Crippen molar-refractivity contribution in [2.75, 3.05) is 0 Å². The maximum atomic E-state index is 5.66. The van der Waals surface area contributed by atoms with Crippen LogP contribution in [0.5, 0.6) is 0 Å². The lowest BCUT2D eigenvalue weighted by Crippen LogP contribution is -2.12. The van der Waals surface area contributed by atoms with Crippen molar-refractivity contribution < 1.29 is 0 Å². The van der Waals surface area contributed by atoms with Gasteiger partial charge in [0.25, 0.3) is 0 Å². The molecule has 37 valence electrons. The Morgan fingerprint density at radius 1 is 1.50 bits per heavy atom. The van der Waals surface area contributed by atoms with E-state index in [9.17, 15) is 0 Å². The van der Waals surface area contributed by atoms with Crippen LogP contribution in [-0.2, 0) is 0 Å². The Kier molecular flexibility index (Phi) is 2.87. The molecule has 0 aromatic carbocycles. The largest absolute Gasteiger partial charge is 0.127 e. The van der Waals surface area contributed by atoms with Crippen LogP contribution in [0.25, 0.3) is 0 Å². The zero-order valence-electron chi connectivity index (χ0n) is 4.46. The molecule has 0 aliphatic heterocycles. The molecule has 0 rings (SSSR count). The molecule has 1 unspecified atom stereocenters. The van der Waals surface area contributed by atoms with E-state index in [2.05, 4.69) is 20.0 Å². The topological polar surface area (TPSA) is 0 Å². The molecule has 0 fully saturated rings. The number of hydrogen-bond acceptors (Lipinski definition) is 0. The summed E-state index contributed by atoms with van der Waals surface area (Å²) in [7, 11) is -0.186. The Bertz CT molecular complexity index is 28.5. The summed E-state index contributed by atoms with van der Waals surface area (Å²) < 4.78 is 0. The molecule has 0 heterocycles. The first-order valence-electron chi connectivity index (χ1n) is 2.08. The van der Waals surface area contributed by atoms with E-state index >= 15 is 0 Å². The van der Waals surface area contributed by atoms with Crippen LogP contribution in [0.3, 0.4) is 0 Å². The average Bonchev–Trinajstić information content (AvgIpc) is 1.36. The number of alkyl halides is 1. The van der Waals surface area contributed by atoms with E-state index < -0.39 is 0 Å². The van der Waals surface area contributed by atoms with Crippen molar-refractivity contribution in [1.29, 1.82) is 0 Å². The van der Waals surface area contributed by atoms with Crippen LogP contribution in [0.2, 0.25) is 13.1 Å². The van der Waals surface area contributed by atoms with Crippen molar-refractivity contribution in [2.24, 2.45) is 0 Å². The fraction of sp³-hybridized carbons (Fsp3) is 1.00. The normalized spacial score (nSPS) is 15.5. The first-order chi connectivity index (χ1) is 2.64. The van der Waals surface area contributed by atoms with Gasteiger partial charge in [-0.15, -0.1) is 11.6 Å². The standard InChI is InChI=1S/C4H10ClSi/c1-4(5)6(2)3/h4H,1-3H3. The third-order valence-electron chi connectivity index (χ3n) is 0.796. The van der Waals surface area contributed by atoms with E-state index in [-0.39, 0.29) is 8.80 Å². The highest BCUT2D eigenvalue weighted by atomic mass is 35.5. The quantitative estimate of drug-likeness (QED) is 0.367. The van der Waals surface area contributed by atoms with Crippen LogP contribution >= 0.6 is 11.6 Å². The Balaban J connectivity index is 2.99. The summed E-state index contributed by atoms with van der Waals surface area (Å²) in [5.74, 6) is 0. The molecule has 0 bridgehead atoms. The molecule has 0 aromatic heterocycles. The second-order valence-corrected chi connectivity index (χ2v) is 5.73. The van der Waals surface area contributed by atoms with E-state index in [0.29, 0.717) is 5.00 Å². The average molecular weight is 122 g/mol. The molecule has 0 spiro atoms. The molecule has 0 saturated carbocycles. The van der Waals surface area contributed by atoms with Gasteiger partial charge >= 0.3 is 0 Å². The highest BCUT2D eigenvalue weighted by Gasteiger charge is 2.01. The molecule has 1 radical (unpaired) electrons. The highest BCUT2D eigenvalue weighted by molar-refractivity contribution is 6.67. The number of hydrogen-bond donors (Lipinski definition) is 0. The van der Waals surface area contributed by atoms with E-state index in [1.807, 2.05) is 0 Å². The van der Waals surface area contributed by atoms with Gasteiger partial charge in [-0.05, 0) is 0 Å². The molecule has 1 atom stereocenters. The van der Waals surface area contributed by atoms with Gasteiger partial charge in [-0.2, -0.15) is 0 Å². The summed E-state index contributed by atoms with van der Waals surface area (Å²) in [5.41, 5.74) is 0. The monoisotopic (exact) mass is 121 g/mol. The van der Waals surface area contributed by atoms with Gasteiger partial charge in [0.2, 0.25) is 0 Å². The SMILES string of the molecule is CC(Cl)[Si](C)C. The van der Waals surface area contributed by atoms with Crippen molar-refractivity contribution in [3.8, 4) is 0 Å². The zero-order chi connectivity index (χ0) is 5.15. The zero-order valence-corrected chi connectivity index (χ0v) is 6.21. The highest BCUT2D eigenvalue weighted by Crippen LogP contribution is 1.97. The molecule has 0 nitrogen and oxygen atoms in total. The Morgan fingerprint density at radius 3 is 1.67 bits per heavy atom. The molecule has 0 aliphatic carbocycles. The minimum absolute atomic E-state index is 0.186. The maximum absolute atomic E-state index is 5.66. The van der Waals surface area contributed by atoms with Crippen molar-refractivity contribution in [1.82, 2.24) is 0 Å². The van der Waals surface area contributed by atoms with Gasteiger partial charge < -0.3 is 0 Å². The van der Waals surface area contributed by atoms with Gasteiger partial charge in [0.1, 0.15) is 0 Å². The third kappa shape index (κ3) is 2.73. The molecular formula is C4H10ClSi. The first-order valence-corrected chi connectivity index (χ1v) is 5.10. The second-order valence-electron chi connectivity index (χ2n) is 1.69. The summed E-state index contributed by atoms with van der Waals surface area (Å²) in [6.07, 6.45) is 0. The molecular weight excluding hydrogens is 112 g/mol. The molecule has 0 saturated heterocycles. The van der Waals surface area contributed by atoms with Gasteiger partial charge in [-0.3, -0.25) is 0 Å². The lowest BCUT2D eigenvalue weighted by Gasteiger charge is -2.00. The summed E-state index contributed by atoms with van der Waals surface area (Å²) in [6, 6.07) is 0.